The highest BCUT2D eigenvalue weighted by atomic mass is 16.2. The van der Waals surface area contributed by atoms with Crippen LogP contribution in [0.15, 0.2) is 18.2 Å². The Hall–Kier alpha value is -2.50. The Morgan fingerprint density at radius 3 is 2.78 bits per heavy atom. The van der Waals surface area contributed by atoms with Gasteiger partial charge in [-0.2, -0.15) is 0 Å². The first-order valence-electron chi connectivity index (χ1n) is 10.1. The molecule has 4 rings (SSSR count). The Morgan fingerprint density at radius 1 is 1.15 bits per heavy atom. The Labute approximate surface area is 159 Å². The Kier molecular flexibility index (Phi) is 5.05. The van der Waals surface area contributed by atoms with Crippen molar-refractivity contribution in [2.24, 2.45) is 5.73 Å². The van der Waals surface area contributed by atoms with Crippen molar-refractivity contribution in [1.82, 2.24) is 15.2 Å². The molecule has 6 heteroatoms. The van der Waals surface area contributed by atoms with Gasteiger partial charge in [-0.3, -0.25) is 4.79 Å². The van der Waals surface area contributed by atoms with E-state index in [0.717, 1.165) is 24.8 Å². The number of primary amides is 1. The lowest BCUT2D eigenvalue weighted by atomic mass is 9.96. The SMILES string of the molecule is NC(=O)N1CCC[C@@H]1C(=O)NCc1ccc2[nH]c3c(c2c1)CCCCCC3. The average Bonchev–Trinajstić information content (AvgIpc) is 3.24. The minimum atomic E-state index is -0.514. The van der Waals surface area contributed by atoms with E-state index < -0.39 is 12.1 Å². The summed E-state index contributed by atoms with van der Waals surface area (Å²) in [4.78, 5) is 29.0. The number of nitrogens with one attached hydrogen (secondary N) is 2. The molecule has 0 bridgehead atoms. The van der Waals surface area contributed by atoms with Gasteiger partial charge in [-0.15, -0.1) is 0 Å². The average molecular weight is 368 g/mol. The van der Waals surface area contributed by atoms with Crippen LogP contribution < -0.4 is 11.1 Å². The van der Waals surface area contributed by atoms with E-state index in [-0.39, 0.29) is 5.91 Å². The number of nitrogens with two attached hydrogens (primary N) is 1. The summed E-state index contributed by atoms with van der Waals surface area (Å²) in [5.41, 5.74) is 10.5. The second kappa shape index (κ2) is 7.62. The number of fused-ring (bicyclic) bond motifs is 3. The lowest BCUT2D eigenvalue weighted by molar-refractivity contribution is -0.124. The van der Waals surface area contributed by atoms with Crippen molar-refractivity contribution >= 4 is 22.8 Å². The molecule has 1 aliphatic heterocycles. The number of hydrogen-bond acceptors (Lipinski definition) is 2. The van der Waals surface area contributed by atoms with Gasteiger partial charge in [0.1, 0.15) is 6.04 Å². The van der Waals surface area contributed by atoms with Crippen LogP contribution in [0.5, 0.6) is 0 Å². The molecule has 1 aromatic heterocycles. The summed E-state index contributed by atoms with van der Waals surface area (Å²) in [7, 11) is 0. The van der Waals surface area contributed by atoms with E-state index in [1.165, 1.54) is 52.7 Å². The maximum atomic E-state index is 12.5. The topological polar surface area (TPSA) is 91.2 Å². The predicted octanol–water partition coefficient (Wildman–Crippen LogP) is 2.99. The van der Waals surface area contributed by atoms with Crippen LogP contribution in [-0.2, 0) is 24.2 Å². The first kappa shape index (κ1) is 17.9. The van der Waals surface area contributed by atoms with E-state index in [1.54, 1.807) is 0 Å². The minimum absolute atomic E-state index is 0.115. The number of aromatic amines is 1. The lowest BCUT2D eigenvalue weighted by Crippen LogP contribution is -2.47. The smallest absolute Gasteiger partial charge is 0.315 e. The monoisotopic (exact) mass is 368 g/mol. The zero-order valence-corrected chi connectivity index (χ0v) is 15.7. The van der Waals surface area contributed by atoms with Crippen LogP contribution in [0.1, 0.15) is 55.3 Å². The fourth-order valence-corrected chi connectivity index (χ4v) is 4.53. The molecule has 1 fully saturated rings. The number of benzene rings is 1. The Balaban J connectivity index is 1.48. The minimum Gasteiger partial charge on any atom is -0.358 e. The molecule has 2 aliphatic rings. The normalized spacial score (nSPS) is 20.1. The number of hydrogen-bond donors (Lipinski definition) is 3. The van der Waals surface area contributed by atoms with E-state index in [1.807, 2.05) is 0 Å². The maximum Gasteiger partial charge on any atom is 0.315 e. The summed E-state index contributed by atoms with van der Waals surface area (Å²) in [6, 6.07) is 5.44. The third kappa shape index (κ3) is 3.66. The molecule has 1 aromatic carbocycles. The molecule has 27 heavy (non-hydrogen) atoms. The summed E-state index contributed by atoms with van der Waals surface area (Å²) < 4.78 is 0. The molecule has 0 saturated carbocycles. The molecule has 0 radical (unpaired) electrons. The molecular formula is C21H28N4O2. The number of amides is 3. The zero-order chi connectivity index (χ0) is 18.8. The molecule has 144 valence electrons. The van der Waals surface area contributed by atoms with Gasteiger partial charge in [0, 0.05) is 29.7 Å². The van der Waals surface area contributed by atoms with Gasteiger partial charge in [0.15, 0.2) is 0 Å². The fraction of sp³-hybridized carbons (Fsp3) is 0.524. The molecule has 0 unspecified atom stereocenters. The number of carbonyl (C=O) groups is 2. The number of likely N-dealkylation sites (tertiary alicyclic amines) is 1. The largest absolute Gasteiger partial charge is 0.358 e. The first-order chi connectivity index (χ1) is 13.1. The van der Waals surface area contributed by atoms with Gasteiger partial charge in [-0.05, 0) is 61.8 Å². The van der Waals surface area contributed by atoms with E-state index in [9.17, 15) is 9.59 Å². The van der Waals surface area contributed by atoms with Crippen LogP contribution >= 0.6 is 0 Å². The van der Waals surface area contributed by atoms with Gasteiger partial charge in [-0.1, -0.05) is 18.9 Å². The van der Waals surface area contributed by atoms with Gasteiger partial charge in [0.2, 0.25) is 5.91 Å². The van der Waals surface area contributed by atoms with E-state index >= 15 is 0 Å². The molecule has 2 aromatic rings. The number of aromatic nitrogens is 1. The van der Waals surface area contributed by atoms with Crippen LogP contribution in [0.2, 0.25) is 0 Å². The highest BCUT2D eigenvalue weighted by Crippen LogP contribution is 2.28. The van der Waals surface area contributed by atoms with Crippen molar-refractivity contribution in [3.05, 3.63) is 35.0 Å². The number of rotatable bonds is 3. The summed E-state index contributed by atoms with van der Waals surface area (Å²) in [6.45, 7) is 1.03. The second-order valence-electron chi connectivity index (χ2n) is 7.78. The van der Waals surface area contributed by atoms with Gasteiger partial charge >= 0.3 is 6.03 Å². The van der Waals surface area contributed by atoms with Crippen LogP contribution in [0.25, 0.3) is 10.9 Å². The number of urea groups is 1. The first-order valence-corrected chi connectivity index (χ1v) is 10.1. The van der Waals surface area contributed by atoms with E-state index in [2.05, 4.69) is 28.5 Å². The van der Waals surface area contributed by atoms with Crippen molar-refractivity contribution in [3.8, 4) is 0 Å². The number of H-pyrrole nitrogens is 1. The van der Waals surface area contributed by atoms with E-state index in [4.69, 9.17) is 5.73 Å². The number of aryl methyl sites for hydroxylation is 2. The predicted molar refractivity (Wildman–Crippen MR) is 105 cm³/mol. The van der Waals surface area contributed by atoms with Crippen molar-refractivity contribution in [1.29, 1.82) is 0 Å². The van der Waals surface area contributed by atoms with Gasteiger partial charge in [0.25, 0.3) is 0 Å². The molecule has 6 nitrogen and oxygen atoms in total. The fourth-order valence-electron chi connectivity index (χ4n) is 4.53. The molecule has 2 heterocycles. The second-order valence-corrected chi connectivity index (χ2v) is 7.78. The van der Waals surface area contributed by atoms with Crippen LogP contribution in [0.4, 0.5) is 4.79 Å². The summed E-state index contributed by atoms with van der Waals surface area (Å²) >= 11 is 0. The third-order valence-electron chi connectivity index (χ3n) is 5.97. The van der Waals surface area contributed by atoms with Crippen molar-refractivity contribution in [3.63, 3.8) is 0 Å². The highest BCUT2D eigenvalue weighted by Gasteiger charge is 2.32. The van der Waals surface area contributed by atoms with Crippen molar-refractivity contribution in [2.75, 3.05) is 6.54 Å². The van der Waals surface area contributed by atoms with Crippen molar-refractivity contribution in [2.45, 2.75) is 64.0 Å². The van der Waals surface area contributed by atoms with Crippen LogP contribution in [0, 0.1) is 0 Å². The zero-order valence-electron chi connectivity index (χ0n) is 15.7. The number of nitrogens with zero attached hydrogens (tertiary/aromatic N) is 1. The van der Waals surface area contributed by atoms with Gasteiger partial charge in [0.05, 0.1) is 0 Å². The molecule has 3 amide bonds. The molecule has 1 aliphatic carbocycles. The molecule has 1 atom stereocenters. The molecule has 4 N–H and O–H groups in total. The maximum absolute atomic E-state index is 12.5. The Bertz CT molecular complexity index is 857. The number of carbonyl (C=O) groups excluding carboxylic acids is 2. The quantitative estimate of drug-likeness (QED) is 0.777. The summed E-state index contributed by atoms with van der Waals surface area (Å²) in [5.74, 6) is -0.115. The van der Waals surface area contributed by atoms with E-state index in [0.29, 0.717) is 19.5 Å². The molecule has 1 saturated heterocycles. The van der Waals surface area contributed by atoms with Gasteiger partial charge in [-0.25, -0.2) is 4.79 Å². The van der Waals surface area contributed by atoms with Crippen molar-refractivity contribution < 1.29 is 9.59 Å². The summed E-state index contributed by atoms with van der Waals surface area (Å²) in [5, 5.41) is 4.28. The third-order valence-corrected chi connectivity index (χ3v) is 5.97. The molecular weight excluding hydrogens is 340 g/mol. The standard InChI is InChI=1S/C21H28N4O2/c22-21(27)25-11-5-8-19(25)20(26)23-13-14-9-10-18-16(12-14)15-6-3-1-2-4-7-17(15)24-18/h9-10,12,19,24H,1-8,11,13H2,(H2,22,27)(H,23,26)/t19-/m1/s1. The molecule has 0 spiro atoms. The Morgan fingerprint density at radius 2 is 1.96 bits per heavy atom. The van der Waals surface area contributed by atoms with Crippen LogP contribution in [0.3, 0.4) is 0 Å². The highest BCUT2D eigenvalue weighted by molar-refractivity contribution is 5.88. The van der Waals surface area contributed by atoms with Crippen LogP contribution in [-0.4, -0.2) is 34.4 Å². The lowest BCUT2D eigenvalue weighted by Gasteiger charge is -2.21. The summed E-state index contributed by atoms with van der Waals surface area (Å²) in [6.07, 6.45) is 8.87. The van der Waals surface area contributed by atoms with Gasteiger partial charge < -0.3 is 20.9 Å².